The van der Waals surface area contributed by atoms with Gasteiger partial charge in [0.1, 0.15) is 23.1 Å². The third-order valence-electron chi connectivity index (χ3n) is 3.19. The number of nitrogens with zero attached hydrogens (tertiary/aromatic N) is 1. The summed E-state index contributed by atoms with van der Waals surface area (Å²) < 4.78 is 0. The van der Waals surface area contributed by atoms with Crippen LogP contribution in [0.15, 0.2) is 0 Å². The first-order chi connectivity index (χ1) is 9.81. The van der Waals surface area contributed by atoms with Gasteiger partial charge in [-0.15, -0.1) is 0 Å². The molecule has 5 heteroatoms. The Morgan fingerprint density at radius 2 is 1.10 bits per heavy atom. The maximum absolute atomic E-state index is 11.9. The Morgan fingerprint density at radius 1 is 0.667 bits per heavy atom. The van der Waals surface area contributed by atoms with Gasteiger partial charge in [0.2, 0.25) is 0 Å². The van der Waals surface area contributed by atoms with Crippen molar-refractivity contribution in [3.05, 3.63) is 0 Å². The molecule has 5 nitrogen and oxygen atoms in total. The molecule has 0 heterocycles. The Balaban J connectivity index is 4.10. The molecule has 0 saturated carbocycles. The molecule has 0 aliphatic rings. The second-order valence-electron chi connectivity index (χ2n) is 5.63. The Morgan fingerprint density at radius 3 is 1.52 bits per heavy atom. The summed E-state index contributed by atoms with van der Waals surface area (Å²) in [6.45, 7) is 5.90. The van der Waals surface area contributed by atoms with Crippen LogP contribution in [0.1, 0.15) is 59.3 Å². The van der Waals surface area contributed by atoms with Gasteiger partial charge in [0, 0.05) is 38.8 Å². The Kier molecular flexibility index (Phi) is 10.6. The molecule has 0 atom stereocenters. The molecular weight excluding hydrogens is 270 g/mol. The highest BCUT2D eigenvalue weighted by atomic mass is 16.1. The van der Waals surface area contributed by atoms with Gasteiger partial charge >= 0.3 is 0 Å². The summed E-state index contributed by atoms with van der Waals surface area (Å²) in [6, 6.07) is 0. The Bertz CT molecular complexity index is 358. The van der Waals surface area contributed by atoms with Crippen molar-refractivity contribution < 1.29 is 19.2 Å². The third kappa shape index (κ3) is 13.4. The molecule has 0 aromatic carbocycles. The van der Waals surface area contributed by atoms with E-state index in [1.165, 1.54) is 13.8 Å². The number of rotatable bonds is 13. The van der Waals surface area contributed by atoms with Crippen LogP contribution < -0.4 is 0 Å². The number of carbonyl (C=O) groups is 4. The summed E-state index contributed by atoms with van der Waals surface area (Å²) in [5.41, 5.74) is 0. The monoisotopic (exact) mass is 297 g/mol. The van der Waals surface area contributed by atoms with Crippen molar-refractivity contribution in [2.45, 2.75) is 59.3 Å². The van der Waals surface area contributed by atoms with E-state index in [4.69, 9.17) is 0 Å². The summed E-state index contributed by atoms with van der Waals surface area (Å²) in [6.07, 6.45) is 3.22. The fraction of sp³-hybridized carbons (Fsp3) is 0.750. The largest absolute Gasteiger partial charge is 0.300 e. The van der Waals surface area contributed by atoms with E-state index in [-0.39, 0.29) is 29.7 Å². The number of carbonyl (C=O) groups excluding carboxylic acids is 4. The number of Topliss-reactive ketones (excluding diaryl/α,β-unsaturated/α-hetero) is 4. The SMILES string of the molecule is CC(=O)CCCCC(=O)CN(CCC(C)=O)CCC(C)=O. The highest BCUT2D eigenvalue weighted by Crippen LogP contribution is 2.04. The molecule has 21 heavy (non-hydrogen) atoms. The Hall–Kier alpha value is -1.36. The molecule has 0 aliphatic heterocycles. The first kappa shape index (κ1) is 19.6. The van der Waals surface area contributed by atoms with Crippen LogP contribution in [0.2, 0.25) is 0 Å². The molecule has 0 aliphatic carbocycles. The van der Waals surface area contributed by atoms with Crippen LogP contribution in [0.25, 0.3) is 0 Å². The van der Waals surface area contributed by atoms with Crippen LogP contribution in [0, 0.1) is 0 Å². The van der Waals surface area contributed by atoms with Gasteiger partial charge in [-0.25, -0.2) is 0 Å². The number of hydrogen-bond donors (Lipinski definition) is 0. The van der Waals surface area contributed by atoms with Crippen molar-refractivity contribution in [3.8, 4) is 0 Å². The first-order valence-corrected chi connectivity index (χ1v) is 7.53. The molecule has 0 amide bonds. The summed E-state index contributed by atoms with van der Waals surface area (Å²) >= 11 is 0. The predicted octanol–water partition coefficient (Wildman–Crippen LogP) is 1.97. The molecule has 0 N–H and O–H groups in total. The standard InChI is InChI=1S/C16H27NO4/c1-13(18)6-4-5-7-16(21)12-17(10-8-14(2)19)11-9-15(3)20/h4-12H2,1-3H3. The van der Waals surface area contributed by atoms with Gasteiger partial charge in [0.05, 0.1) is 6.54 Å². The van der Waals surface area contributed by atoms with Crippen molar-refractivity contribution in [1.29, 1.82) is 0 Å². The van der Waals surface area contributed by atoms with E-state index >= 15 is 0 Å². The lowest BCUT2D eigenvalue weighted by molar-refractivity contribution is -0.122. The number of unbranched alkanes of at least 4 members (excludes halogenated alkanes) is 1. The van der Waals surface area contributed by atoms with Crippen molar-refractivity contribution in [1.82, 2.24) is 4.90 Å². The minimum absolute atomic E-state index is 0.0803. The molecule has 0 radical (unpaired) electrons. The summed E-state index contributed by atoms with van der Waals surface area (Å²) in [4.78, 5) is 46.6. The van der Waals surface area contributed by atoms with Gasteiger partial charge in [-0.3, -0.25) is 19.3 Å². The van der Waals surface area contributed by atoms with Crippen LogP contribution in [0.4, 0.5) is 0 Å². The van der Waals surface area contributed by atoms with Crippen molar-refractivity contribution in [3.63, 3.8) is 0 Å². The topological polar surface area (TPSA) is 71.5 Å². The lowest BCUT2D eigenvalue weighted by Crippen LogP contribution is -2.33. The molecule has 0 unspecified atom stereocenters. The summed E-state index contributed by atoms with van der Waals surface area (Å²) in [7, 11) is 0. The normalized spacial score (nSPS) is 10.7. The van der Waals surface area contributed by atoms with Gasteiger partial charge in [-0.2, -0.15) is 0 Å². The van der Waals surface area contributed by atoms with E-state index in [0.717, 1.165) is 6.42 Å². The molecule has 0 spiro atoms. The van der Waals surface area contributed by atoms with E-state index < -0.39 is 0 Å². The maximum atomic E-state index is 11.9. The molecular formula is C16H27NO4. The molecule has 0 fully saturated rings. The van der Waals surface area contributed by atoms with Crippen LogP contribution in [-0.2, 0) is 19.2 Å². The van der Waals surface area contributed by atoms with Crippen LogP contribution >= 0.6 is 0 Å². The van der Waals surface area contributed by atoms with Crippen molar-refractivity contribution >= 4 is 23.1 Å². The average Bonchev–Trinajstić information content (AvgIpc) is 2.37. The van der Waals surface area contributed by atoms with Gasteiger partial charge in [-0.1, -0.05) is 0 Å². The fourth-order valence-corrected chi connectivity index (χ4v) is 1.93. The highest BCUT2D eigenvalue weighted by Gasteiger charge is 2.12. The van der Waals surface area contributed by atoms with Crippen molar-refractivity contribution in [2.24, 2.45) is 0 Å². The number of hydrogen-bond acceptors (Lipinski definition) is 5. The smallest absolute Gasteiger partial charge is 0.146 e. The van der Waals surface area contributed by atoms with Gasteiger partial charge in [-0.05, 0) is 33.6 Å². The minimum Gasteiger partial charge on any atom is -0.300 e. The predicted molar refractivity (Wildman–Crippen MR) is 81.2 cm³/mol. The average molecular weight is 297 g/mol. The van der Waals surface area contributed by atoms with E-state index in [0.29, 0.717) is 45.2 Å². The zero-order chi connectivity index (χ0) is 16.3. The van der Waals surface area contributed by atoms with Gasteiger partial charge < -0.3 is 4.79 Å². The highest BCUT2D eigenvalue weighted by molar-refractivity contribution is 5.81. The van der Waals surface area contributed by atoms with E-state index in [2.05, 4.69) is 0 Å². The molecule has 0 bridgehead atoms. The molecule has 0 aromatic heterocycles. The lowest BCUT2D eigenvalue weighted by Gasteiger charge is -2.20. The quantitative estimate of drug-likeness (QED) is 0.486. The lowest BCUT2D eigenvalue weighted by atomic mass is 10.1. The zero-order valence-electron chi connectivity index (χ0n) is 13.4. The molecule has 0 saturated heterocycles. The zero-order valence-corrected chi connectivity index (χ0v) is 13.4. The minimum atomic E-state index is 0.0803. The van der Waals surface area contributed by atoms with Crippen LogP contribution in [0.3, 0.4) is 0 Å². The van der Waals surface area contributed by atoms with E-state index in [1.807, 2.05) is 4.90 Å². The van der Waals surface area contributed by atoms with Crippen LogP contribution in [-0.4, -0.2) is 47.7 Å². The summed E-state index contributed by atoms with van der Waals surface area (Å²) in [5.74, 6) is 0.408. The first-order valence-electron chi connectivity index (χ1n) is 7.53. The fourth-order valence-electron chi connectivity index (χ4n) is 1.93. The second kappa shape index (κ2) is 11.3. The van der Waals surface area contributed by atoms with Gasteiger partial charge in [0.25, 0.3) is 0 Å². The second-order valence-corrected chi connectivity index (χ2v) is 5.63. The summed E-state index contributed by atoms with van der Waals surface area (Å²) in [5, 5.41) is 0. The third-order valence-corrected chi connectivity index (χ3v) is 3.19. The van der Waals surface area contributed by atoms with Crippen LogP contribution in [0.5, 0.6) is 0 Å². The van der Waals surface area contributed by atoms with Crippen molar-refractivity contribution in [2.75, 3.05) is 19.6 Å². The van der Waals surface area contributed by atoms with Gasteiger partial charge in [0.15, 0.2) is 0 Å². The Labute approximate surface area is 127 Å². The number of ketones is 4. The molecule has 0 rings (SSSR count). The molecule has 120 valence electrons. The maximum Gasteiger partial charge on any atom is 0.146 e. The van der Waals surface area contributed by atoms with E-state index in [9.17, 15) is 19.2 Å². The molecule has 0 aromatic rings. The van der Waals surface area contributed by atoms with E-state index in [1.54, 1.807) is 6.92 Å².